The minimum atomic E-state index is 0.0922. The number of anilines is 1. The van der Waals surface area contributed by atoms with E-state index in [-0.39, 0.29) is 12.1 Å². The first-order chi connectivity index (χ1) is 6.24. The maximum Gasteiger partial charge on any atom is 0.121 e. The molecule has 0 saturated carbocycles. The van der Waals surface area contributed by atoms with Gasteiger partial charge in [0.15, 0.2) is 0 Å². The Bertz CT molecular complexity index is 300. The van der Waals surface area contributed by atoms with E-state index in [2.05, 4.69) is 6.92 Å². The van der Waals surface area contributed by atoms with E-state index in [1.807, 2.05) is 11.4 Å². The maximum absolute atomic E-state index is 9.82. The molecular formula is C9H14N2OS. The molecule has 1 aromatic heterocycles. The molecule has 0 bridgehead atoms. The van der Waals surface area contributed by atoms with Crippen molar-refractivity contribution in [2.24, 2.45) is 5.73 Å². The van der Waals surface area contributed by atoms with Crippen molar-refractivity contribution in [2.45, 2.75) is 31.8 Å². The molecule has 0 radical (unpaired) electrons. The summed E-state index contributed by atoms with van der Waals surface area (Å²) in [6, 6.07) is 2.27. The van der Waals surface area contributed by atoms with Crippen molar-refractivity contribution in [2.75, 3.05) is 5.06 Å². The monoisotopic (exact) mass is 198 g/mol. The summed E-state index contributed by atoms with van der Waals surface area (Å²) in [5.41, 5.74) is 7.07. The largest absolute Gasteiger partial charge is 0.324 e. The SMILES string of the molecule is CCC1CC(N)c2ccsc2N1O. The number of nitrogens with zero attached hydrogens (tertiary/aromatic N) is 1. The van der Waals surface area contributed by atoms with Gasteiger partial charge < -0.3 is 5.73 Å². The Morgan fingerprint density at radius 2 is 2.54 bits per heavy atom. The van der Waals surface area contributed by atoms with Gasteiger partial charge in [0, 0.05) is 11.6 Å². The lowest BCUT2D eigenvalue weighted by atomic mass is 9.96. The molecule has 2 unspecified atom stereocenters. The second kappa shape index (κ2) is 3.29. The van der Waals surface area contributed by atoms with E-state index < -0.39 is 0 Å². The van der Waals surface area contributed by atoms with Gasteiger partial charge in [-0.3, -0.25) is 5.21 Å². The fourth-order valence-electron chi connectivity index (χ4n) is 1.80. The highest BCUT2D eigenvalue weighted by molar-refractivity contribution is 7.14. The van der Waals surface area contributed by atoms with Crippen LogP contribution in [0, 0.1) is 0 Å². The van der Waals surface area contributed by atoms with Crippen LogP contribution >= 0.6 is 11.3 Å². The van der Waals surface area contributed by atoms with Crippen molar-refractivity contribution in [3.05, 3.63) is 17.0 Å². The number of hydrogen-bond donors (Lipinski definition) is 2. The number of fused-ring (bicyclic) bond motifs is 1. The number of nitrogens with two attached hydrogens (primary N) is 1. The van der Waals surface area contributed by atoms with E-state index in [4.69, 9.17) is 5.73 Å². The fraction of sp³-hybridized carbons (Fsp3) is 0.556. The molecule has 0 fully saturated rings. The van der Waals surface area contributed by atoms with Crippen molar-refractivity contribution in [3.63, 3.8) is 0 Å². The van der Waals surface area contributed by atoms with Crippen molar-refractivity contribution in [1.29, 1.82) is 0 Å². The Morgan fingerprint density at radius 3 is 3.23 bits per heavy atom. The molecule has 4 heteroatoms. The highest BCUT2D eigenvalue weighted by Gasteiger charge is 2.29. The van der Waals surface area contributed by atoms with Crippen LogP contribution in [0.4, 0.5) is 5.00 Å². The van der Waals surface area contributed by atoms with Gasteiger partial charge in [0.25, 0.3) is 0 Å². The zero-order chi connectivity index (χ0) is 9.42. The van der Waals surface area contributed by atoms with E-state index in [0.717, 1.165) is 23.4 Å². The first-order valence-electron chi connectivity index (χ1n) is 4.55. The van der Waals surface area contributed by atoms with Crippen LogP contribution in [-0.4, -0.2) is 11.2 Å². The highest BCUT2D eigenvalue weighted by atomic mass is 32.1. The van der Waals surface area contributed by atoms with Crippen LogP contribution in [0.25, 0.3) is 0 Å². The normalized spacial score (nSPS) is 27.5. The Hall–Kier alpha value is -0.580. The number of hydrogen-bond acceptors (Lipinski definition) is 4. The Labute approximate surface area is 81.7 Å². The standard InChI is InChI=1S/C9H14N2OS/c1-2-6-5-8(10)7-3-4-13-9(7)11(6)12/h3-4,6,8,12H,2,5,10H2,1H3. The minimum absolute atomic E-state index is 0.0922. The van der Waals surface area contributed by atoms with Crippen LogP contribution in [-0.2, 0) is 0 Å². The first kappa shape index (κ1) is 8.99. The topological polar surface area (TPSA) is 49.5 Å². The van der Waals surface area contributed by atoms with Crippen LogP contribution < -0.4 is 10.8 Å². The molecule has 2 heterocycles. The molecule has 3 nitrogen and oxygen atoms in total. The smallest absolute Gasteiger partial charge is 0.121 e. The molecule has 1 aliphatic rings. The Kier molecular flexibility index (Phi) is 2.27. The van der Waals surface area contributed by atoms with Crippen molar-refractivity contribution in [1.82, 2.24) is 0 Å². The third kappa shape index (κ3) is 1.35. The van der Waals surface area contributed by atoms with E-state index in [0.29, 0.717) is 0 Å². The van der Waals surface area contributed by atoms with E-state index in [9.17, 15) is 5.21 Å². The van der Waals surface area contributed by atoms with Gasteiger partial charge in [0.1, 0.15) is 5.00 Å². The van der Waals surface area contributed by atoms with Gasteiger partial charge in [-0.15, -0.1) is 11.3 Å². The molecule has 3 N–H and O–H groups in total. The molecule has 13 heavy (non-hydrogen) atoms. The van der Waals surface area contributed by atoms with Crippen LogP contribution in [0.15, 0.2) is 11.4 Å². The summed E-state index contributed by atoms with van der Waals surface area (Å²) in [4.78, 5) is 0. The Balaban J connectivity index is 2.35. The van der Waals surface area contributed by atoms with Gasteiger partial charge in [-0.25, -0.2) is 5.06 Å². The fourth-order valence-corrected chi connectivity index (χ4v) is 2.76. The number of thiophene rings is 1. The van der Waals surface area contributed by atoms with Crippen molar-refractivity contribution < 1.29 is 5.21 Å². The Morgan fingerprint density at radius 1 is 1.77 bits per heavy atom. The zero-order valence-corrected chi connectivity index (χ0v) is 8.42. The summed E-state index contributed by atoms with van der Waals surface area (Å²) in [5, 5.41) is 14.1. The lowest BCUT2D eigenvalue weighted by Gasteiger charge is -2.34. The van der Waals surface area contributed by atoms with Crippen LogP contribution in [0.3, 0.4) is 0 Å². The van der Waals surface area contributed by atoms with Gasteiger partial charge in [0.2, 0.25) is 0 Å². The van der Waals surface area contributed by atoms with Gasteiger partial charge >= 0.3 is 0 Å². The quantitative estimate of drug-likeness (QED) is 0.726. The second-order valence-corrected chi connectivity index (χ2v) is 4.32. The third-order valence-electron chi connectivity index (χ3n) is 2.62. The minimum Gasteiger partial charge on any atom is -0.324 e. The van der Waals surface area contributed by atoms with E-state index >= 15 is 0 Å². The van der Waals surface area contributed by atoms with Crippen LogP contribution in [0.5, 0.6) is 0 Å². The molecule has 0 spiro atoms. The maximum atomic E-state index is 9.82. The summed E-state index contributed by atoms with van der Waals surface area (Å²) in [5.74, 6) is 0. The van der Waals surface area contributed by atoms with E-state index in [1.165, 1.54) is 5.06 Å². The van der Waals surface area contributed by atoms with Crippen molar-refractivity contribution >= 4 is 16.3 Å². The predicted molar refractivity (Wildman–Crippen MR) is 54.2 cm³/mol. The molecule has 0 saturated heterocycles. The molecule has 1 aliphatic heterocycles. The van der Waals surface area contributed by atoms with Crippen LogP contribution in [0.2, 0.25) is 0 Å². The van der Waals surface area contributed by atoms with E-state index in [1.54, 1.807) is 11.3 Å². The summed E-state index contributed by atoms with van der Waals surface area (Å²) in [7, 11) is 0. The second-order valence-electron chi connectivity index (χ2n) is 3.43. The molecule has 0 amide bonds. The average molecular weight is 198 g/mol. The van der Waals surface area contributed by atoms with Gasteiger partial charge in [-0.2, -0.15) is 0 Å². The lowest BCUT2D eigenvalue weighted by Crippen LogP contribution is -2.38. The highest BCUT2D eigenvalue weighted by Crippen LogP contribution is 2.39. The summed E-state index contributed by atoms with van der Waals surface area (Å²) >= 11 is 1.55. The lowest BCUT2D eigenvalue weighted by molar-refractivity contribution is 0.194. The molecule has 72 valence electrons. The number of rotatable bonds is 1. The average Bonchev–Trinajstić information content (AvgIpc) is 2.60. The molecular weight excluding hydrogens is 184 g/mol. The molecule has 2 atom stereocenters. The van der Waals surface area contributed by atoms with Crippen molar-refractivity contribution in [3.8, 4) is 0 Å². The van der Waals surface area contributed by atoms with Crippen LogP contribution in [0.1, 0.15) is 31.4 Å². The van der Waals surface area contributed by atoms with Gasteiger partial charge in [0.05, 0.1) is 6.04 Å². The predicted octanol–water partition coefficient (Wildman–Crippen LogP) is 2.13. The number of hydroxylamine groups is 1. The first-order valence-corrected chi connectivity index (χ1v) is 5.43. The molecule has 0 aromatic carbocycles. The van der Waals surface area contributed by atoms with Gasteiger partial charge in [-0.1, -0.05) is 6.92 Å². The molecule has 0 aliphatic carbocycles. The summed E-state index contributed by atoms with van der Waals surface area (Å²) in [6.07, 6.45) is 1.78. The molecule has 2 rings (SSSR count). The molecule has 1 aromatic rings. The zero-order valence-electron chi connectivity index (χ0n) is 7.60. The summed E-state index contributed by atoms with van der Waals surface area (Å²) in [6.45, 7) is 2.07. The summed E-state index contributed by atoms with van der Waals surface area (Å²) < 4.78 is 0. The van der Waals surface area contributed by atoms with Gasteiger partial charge in [-0.05, 0) is 24.3 Å². The third-order valence-corrected chi connectivity index (χ3v) is 3.54.